The number of ether oxygens (including phenoxy) is 1. The number of rotatable bonds is 4. The van der Waals surface area contributed by atoms with E-state index in [4.69, 9.17) is 4.74 Å². The van der Waals surface area contributed by atoms with E-state index in [1.54, 1.807) is 24.3 Å². The largest absolute Gasteiger partial charge is 0.496 e. The minimum atomic E-state index is -0.980. The second-order valence-electron chi connectivity index (χ2n) is 4.18. The Bertz CT molecular complexity index is 659. The summed E-state index contributed by atoms with van der Waals surface area (Å²) in [4.78, 5) is 12.4. The lowest BCUT2D eigenvalue weighted by Gasteiger charge is -2.11. The summed E-state index contributed by atoms with van der Waals surface area (Å²) in [5, 5.41) is 9.24. The van der Waals surface area contributed by atoms with Gasteiger partial charge in [0.2, 0.25) is 0 Å². The van der Waals surface area contributed by atoms with Gasteiger partial charge >= 0.3 is 0 Å². The van der Waals surface area contributed by atoms with E-state index >= 15 is 0 Å². The van der Waals surface area contributed by atoms with Crippen LogP contribution >= 0.6 is 0 Å². The van der Waals surface area contributed by atoms with Crippen LogP contribution in [-0.2, 0) is 0 Å². The molecule has 20 heavy (non-hydrogen) atoms. The number of ketones is 1. The number of methoxy groups -OCH3 is 1. The molecule has 2 aromatic carbocycles. The van der Waals surface area contributed by atoms with Gasteiger partial charge in [-0.05, 0) is 29.8 Å². The molecule has 1 unspecified atom stereocenters. The molecule has 2 aromatic rings. The average Bonchev–Trinajstić information content (AvgIpc) is 2.49. The summed E-state index contributed by atoms with van der Waals surface area (Å²) in [5.41, 5.74) is 0.802. The number of halogens is 1. The van der Waals surface area contributed by atoms with Crippen molar-refractivity contribution in [3.63, 3.8) is 0 Å². The molecule has 0 heterocycles. The number of carbonyl (C=O) groups is 1. The number of Topliss-reactive ketones (excluding diaryl/α,β-unsaturated/α-hetero) is 1. The van der Waals surface area contributed by atoms with Gasteiger partial charge in [0.05, 0.1) is 18.7 Å². The van der Waals surface area contributed by atoms with Gasteiger partial charge < -0.3 is 4.74 Å². The number of benzene rings is 2. The number of nitriles is 1. The maximum Gasteiger partial charge on any atom is 0.188 e. The molecule has 0 N–H and O–H groups in total. The molecule has 0 fully saturated rings. The van der Waals surface area contributed by atoms with Crippen LogP contribution in [0.2, 0.25) is 0 Å². The van der Waals surface area contributed by atoms with Gasteiger partial charge in [0.1, 0.15) is 17.5 Å². The third kappa shape index (κ3) is 2.67. The van der Waals surface area contributed by atoms with Gasteiger partial charge in [-0.25, -0.2) is 4.39 Å². The molecule has 0 aromatic heterocycles. The molecule has 0 saturated heterocycles. The molecule has 1 atom stereocenters. The highest BCUT2D eigenvalue weighted by Gasteiger charge is 2.24. The molecular weight excluding hydrogens is 257 g/mol. The first-order valence-electron chi connectivity index (χ1n) is 5.99. The van der Waals surface area contributed by atoms with Gasteiger partial charge in [0, 0.05) is 0 Å². The number of hydrogen-bond acceptors (Lipinski definition) is 3. The first kappa shape index (κ1) is 13.8. The second kappa shape index (κ2) is 5.98. The zero-order valence-electron chi connectivity index (χ0n) is 10.8. The summed E-state index contributed by atoms with van der Waals surface area (Å²) in [7, 11) is 1.46. The smallest absolute Gasteiger partial charge is 0.188 e. The first-order valence-corrected chi connectivity index (χ1v) is 5.99. The third-order valence-corrected chi connectivity index (χ3v) is 2.97. The van der Waals surface area contributed by atoms with Crippen molar-refractivity contribution in [3.8, 4) is 11.8 Å². The molecule has 3 nitrogen and oxygen atoms in total. The van der Waals surface area contributed by atoms with Crippen LogP contribution in [0.1, 0.15) is 21.8 Å². The SMILES string of the molecule is COc1ccccc1C(=O)C(C#N)c1ccc(F)cc1. The fourth-order valence-corrected chi connectivity index (χ4v) is 1.94. The molecule has 4 heteroatoms. The van der Waals surface area contributed by atoms with Crippen LogP contribution in [0.25, 0.3) is 0 Å². The van der Waals surface area contributed by atoms with Crippen LogP contribution < -0.4 is 4.74 Å². The zero-order chi connectivity index (χ0) is 14.5. The lowest BCUT2D eigenvalue weighted by Crippen LogP contribution is -2.12. The predicted molar refractivity (Wildman–Crippen MR) is 72.1 cm³/mol. The highest BCUT2D eigenvalue weighted by atomic mass is 19.1. The number of carbonyl (C=O) groups excluding carboxylic acids is 1. The molecule has 0 amide bonds. The van der Waals surface area contributed by atoms with Gasteiger partial charge in [0.15, 0.2) is 5.78 Å². The van der Waals surface area contributed by atoms with E-state index in [2.05, 4.69) is 0 Å². The summed E-state index contributed by atoms with van der Waals surface area (Å²) in [5.74, 6) is -1.33. The molecule has 2 rings (SSSR count). The van der Waals surface area contributed by atoms with Crippen molar-refractivity contribution in [2.45, 2.75) is 5.92 Å². The Morgan fingerprint density at radius 2 is 1.85 bits per heavy atom. The van der Waals surface area contributed by atoms with E-state index in [9.17, 15) is 14.4 Å². The second-order valence-corrected chi connectivity index (χ2v) is 4.18. The standard InChI is InChI=1S/C16H12FNO2/c1-20-15-5-3-2-4-13(15)16(19)14(10-18)11-6-8-12(17)9-7-11/h2-9,14H,1H3. The van der Waals surface area contributed by atoms with Crippen molar-refractivity contribution in [3.05, 3.63) is 65.5 Å². The Labute approximate surface area is 116 Å². The van der Waals surface area contributed by atoms with E-state index in [1.165, 1.54) is 31.4 Å². The Hall–Kier alpha value is -2.67. The highest BCUT2D eigenvalue weighted by Crippen LogP contribution is 2.26. The number of nitrogens with zero attached hydrogens (tertiary/aromatic N) is 1. The Morgan fingerprint density at radius 3 is 2.45 bits per heavy atom. The topological polar surface area (TPSA) is 50.1 Å². The molecular formula is C16H12FNO2. The fourth-order valence-electron chi connectivity index (χ4n) is 1.94. The number of hydrogen-bond donors (Lipinski definition) is 0. The van der Waals surface area contributed by atoms with E-state index in [0.717, 1.165) is 0 Å². The van der Waals surface area contributed by atoms with Crippen molar-refractivity contribution >= 4 is 5.78 Å². The minimum absolute atomic E-state index is 0.339. The van der Waals surface area contributed by atoms with Gasteiger partial charge in [0.25, 0.3) is 0 Å². The molecule has 0 radical (unpaired) electrons. The maximum atomic E-state index is 12.9. The molecule has 0 aliphatic carbocycles. The van der Waals surface area contributed by atoms with Crippen LogP contribution in [0.3, 0.4) is 0 Å². The third-order valence-electron chi connectivity index (χ3n) is 2.97. The monoisotopic (exact) mass is 269 g/mol. The van der Waals surface area contributed by atoms with E-state index < -0.39 is 11.7 Å². The van der Waals surface area contributed by atoms with Crippen molar-refractivity contribution in [1.82, 2.24) is 0 Å². The first-order chi connectivity index (χ1) is 9.67. The van der Waals surface area contributed by atoms with Gasteiger partial charge in [-0.1, -0.05) is 24.3 Å². The average molecular weight is 269 g/mol. The van der Waals surface area contributed by atoms with Crippen molar-refractivity contribution in [2.24, 2.45) is 0 Å². The van der Waals surface area contributed by atoms with E-state index in [0.29, 0.717) is 16.9 Å². The quantitative estimate of drug-likeness (QED) is 0.800. The van der Waals surface area contributed by atoms with Crippen LogP contribution in [0.4, 0.5) is 4.39 Å². The molecule has 0 aliphatic heterocycles. The molecule has 0 spiro atoms. The van der Waals surface area contributed by atoms with Gasteiger partial charge in [-0.3, -0.25) is 4.79 Å². The number of para-hydroxylation sites is 1. The van der Waals surface area contributed by atoms with Crippen LogP contribution in [-0.4, -0.2) is 12.9 Å². The minimum Gasteiger partial charge on any atom is -0.496 e. The predicted octanol–water partition coefficient (Wildman–Crippen LogP) is 3.32. The lowest BCUT2D eigenvalue weighted by atomic mass is 9.91. The summed E-state index contributed by atoms with van der Waals surface area (Å²) in [6.07, 6.45) is 0. The molecule has 0 saturated carbocycles. The van der Waals surface area contributed by atoms with Crippen molar-refractivity contribution in [1.29, 1.82) is 5.26 Å². The van der Waals surface area contributed by atoms with Crippen LogP contribution in [0.15, 0.2) is 48.5 Å². The van der Waals surface area contributed by atoms with Gasteiger partial charge in [-0.15, -0.1) is 0 Å². The maximum absolute atomic E-state index is 12.9. The lowest BCUT2D eigenvalue weighted by molar-refractivity contribution is 0.0976. The molecule has 100 valence electrons. The Kier molecular flexibility index (Phi) is 4.11. The zero-order valence-corrected chi connectivity index (χ0v) is 10.8. The summed E-state index contributed by atoms with van der Waals surface area (Å²) in [6.45, 7) is 0. The summed E-state index contributed by atoms with van der Waals surface area (Å²) < 4.78 is 18.0. The van der Waals surface area contributed by atoms with E-state index in [-0.39, 0.29) is 5.78 Å². The highest BCUT2D eigenvalue weighted by molar-refractivity contribution is 6.04. The van der Waals surface area contributed by atoms with Crippen molar-refractivity contribution < 1.29 is 13.9 Å². The van der Waals surface area contributed by atoms with Crippen LogP contribution in [0, 0.1) is 17.1 Å². The summed E-state index contributed by atoms with van der Waals surface area (Å²) in [6, 6.07) is 14.0. The molecule has 0 bridgehead atoms. The fraction of sp³-hybridized carbons (Fsp3) is 0.125. The van der Waals surface area contributed by atoms with Gasteiger partial charge in [-0.2, -0.15) is 5.26 Å². The van der Waals surface area contributed by atoms with Crippen LogP contribution in [0.5, 0.6) is 5.75 Å². The van der Waals surface area contributed by atoms with Crippen molar-refractivity contribution in [2.75, 3.05) is 7.11 Å². The Morgan fingerprint density at radius 1 is 1.20 bits per heavy atom. The normalized spacial score (nSPS) is 11.4. The summed E-state index contributed by atoms with van der Waals surface area (Å²) >= 11 is 0. The van der Waals surface area contributed by atoms with E-state index in [1.807, 2.05) is 6.07 Å². The Balaban J connectivity index is 2.39. The molecule has 0 aliphatic rings.